The zero-order chi connectivity index (χ0) is 30.3. The molecule has 2 heterocycles. The molecule has 1 aromatic heterocycles. The Morgan fingerprint density at radius 1 is 1.00 bits per heavy atom. The van der Waals surface area contributed by atoms with Crippen LogP contribution in [0.1, 0.15) is 45.2 Å². The van der Waals surface area contributed by atoms with Gasteiger partial charge >= 0.3 is 0 Å². The molecule has 2 amide bonds. The Bertz CT molecular complexity index is 1560. The molecule has 2 aromatic carbocycles. The number of fused-ring (bicyclic) bond motifs is 1. The number of anilines is 2. The smallest absolute Gasteiger partial charge is 0.273 e. The van der Waals surface area contributed by atoms with Crippen molar-refractivity contribution in [1.82, 2.24) is 4.57 Å². The zero-order valence-electron chi connectivity index (χ0n) is 23.0. The Morgan fingerprint density at radius 3 is 2.34 bits per heavy atom. The summed E-state index contributed by atoms with van der Waals surface area (Å²) >= 11 is 6.25. The van der Waals surface area contributed by atoms with Crippen LogP contribution in [0.15, 0.2) is 53.5 Å². The highest BCUT2D eigenvalue weighted by Gasteiger charge is 2.40. The van der Waals surface area contributed by atoms with E-state index in [1.54, 1.807) is 18.2 Å². The number of aromatic nitrogens is 1. The van der Waals surface area contributed by atoms with Gasteiger partial charge in [0.1, 0.15) is 41.3 Å². The summed E-state index contributed by atoms with van der Waals surface area (Å²) in [4.78, 5) is 41.6. The van der Waals surface area contributed by atoms with Gasteiger partial charge in [-0.1, -0.05) is 17.7 Å². The molecule has 1 aliphatic heterocycles. The molecule has 9 nitrogen and oxygen atoms in total. The van der Waals surface area contributed by atoms with Crippen LogP contribution in [0, 0.1) is 11.6 Å². The van der Waals surface area contributed by atoms with Gasteiger partial charge in [-0.15, -0.1) is 0 Å². The molecule has 3 aromatic rings. The third-order valence-corrected chi connectivity index (χ3v) is 6.73. The highest BCUT2D eigenvalue weighted by atomic mass is 35.5. The number of carbonyl (C=O) groups excluding carboxylic acids is 2. The minimum Gasteiger partial charge on any atom is -0.487 e. The summed E-state index contributed by atoms with van der Waals surface area (Å²) in [7, 11) is 0. The molecule has 0 fully saturated rings. The Balaban J connectivity index is 1.60. The first-order valence-corrected chi connectivity index (χ1v) is 13.1. The molecule has 0 aliphatic carbocycles. The number of ether oxygens (including phenoxy) is 1. The Kier molecular flexibility index (Phi) is 8.26. The van der Waals surface area contributed by atoms with Crippen LogP contribution in [0.5, 0.6) is 5.75 Å². The van der Waals surface area contributed by atoms with Crippen molar-refractivity contribution in [2.24, 2.45) is 0 Å². The molecule has 0 saturated heterocycles. The fourth-order valence-electron chi connectivity index (χ4n) is 4.35. The number of halogens is 3. The molecule has 41 heavy (non-hydrogen) atoms. The largest absolute Gasteiger partial charge is 0.487 e. The summed E-state index contributed by atoms with van der Waals surface area (Å²) in [5, 5.41) is 20.3. The maximum Gasteiger partial charge on any atom is 0.273 e. The molecule has 0 radical (unpaired) electrons. The Morgan fingerprint density at radius 2 is 1.71 bits per heavy atom. The number of aliphatic hydroxyl groups is 2. The normalized spacial score (nSPS) is 13.4. The van der Waals surface area contributed by atoms with Crippen LogP contribution >= 0.6 is 11.6 Å². The number of rotatable bonds is 8. The average molecular weight is 590 g/mol. The van der Waals surface area contributed by atoms with E-state index < -0.39 is 40.2 Å². The minimum absolute atomic E-state index is 0.0218. The monoisotopic (exact) mass is 589 g/mol. The second kappa shape index (κ2) is 11.2. The lowest BCUT2D eigenvalue weighted by molar-refractivity contribution is -0.133. The summed E-state index contributed by atoms with van der Waals surface area (Å²) in [5.74, 6) is -2.53. The maximum atomic E-state index is 13.9. The quantitative estimate of drug-likeness (QED) is 0.411. The van der Waals surface area contributed by atoms with Gasteiger partial charge in [0.25, 0.3) is 11.5 Å². The van der Waals surface area contributed by atoms with Crippen molar-refractivity contribution >= 4 is 34.8 Å². The van der Waals surface area contributed by atoms with E-state index in [1.165, 1.54) is 60.4 Å². The number of pyridine rings is 1. The predicted molar refractivity (Wildman–Crippen MR) is 149 cm³/mol. The Hall–Kier alpha value is -3.80. The molecular weight excluding hydrogens is 560 g/mol. The van der Waals surface area contributed by atoms with E-state index in [9.17, 15) is 33.4 Å². The van der Waals surface area contributed by atoms with Crippen LogP contribution in [0.4, 0.5) is 20.2 Å². The van der Waals surface area contributed by atoms with Gasteiger partial charge in [0.2, 0.25) is 5.91 Å². The molecule has 0 spiro atoms. The van der Waals surface area contributed by atoms with E-state index in [4.69, 9.17) is 16.3 Å². The lowest BCUT2D eigenvalue weighted by atomic mass is 10.0. The van der Waals surface area contributed by atoms with Gasteiger partial charge in [-0.2, -0.15) is 0 Å². The van der Waals surface area contributed by atoms with E-state index in [0.717, 1.165) is 12.1 Å². The van der Waals surface area contributed by atoms with Crippen LogP contribution in [-0.4, -0.2) is 44.5 Å². The van der Waals surface area contributed by atoms with Crippen molar-refractivity contribution < 1.29 is 33.3 Å². The van der Waals surface area contributed by atoms with Crippen molar-refractivity contribution in [2.45, 2.75) is 58.5 Å². The summed E-state index contributed by atoms with van der Waals surface area (Å²) < 4.78 is 33.9. The second-order valence-electron chi connectivity index (χ2n) is 11.0. The highest BCUT2D eigenvalue weighted by Crippen LogP contribution is 2.39. The van der Waals surface area contributed by atoms with Gasteiger partial charge in [0, 0.05) is 17.8 Å². The van der Waals surface area contributed by atoms with E-state index in [0.29, 0.717) is 16.9 Å². The average Bonchev–Trinajstić information content (AvgIpc) is 3.24. The molecule has 0 bridgehead atoms. The van der Waals surface area contributed by atoms with Crippen molar-refractivity contribution in [3.63, 3.8) is 0 Å². The second-order valence-corrected chi connectivity index (χ2v) is 11.4. The topological polar surface area (TPSA) is 112 Å². The van der Waals surface area contributed by atoms with Crippen molar-refractivity contribution in [3.05, 3.63) is 86.8 Å². The summed E-state index contributed by atoms with van der Waals surface area (Å²) in [5.41, 5.74) is -2.12. The fourth-order valence-corrected chi connectivity index (χ4v) is 4.57. The highest BCUT2D eigenvalue weighted by molar-refractivity contribution is 6.31. The molecule has 1 aliphatic rings. The first kappa shape index (κ1) is 30.2. The number of hydrogen-bond donors (Lipinski definition) is 2. The number of benzene rings is 2. The number of hydrogen-bond acceptors (Lipinski definition) is 6. The number of amides is 2. The van der Waals surface area contributed by atoms with E-state index in [2.05, 4.69) is 0 Å². The third-order valence-electron chi connectivity index (χ3n) is 6.38. The first-order valence-electron chi connectivity index (χ1n) is 12.7. The lowest BCUT2D eigenvalue weighted by Gasteiger charge is -2.26. The minimum atomic E-state index is -1.72. The van der Waals surface area contributed by atoms with Gasteiger partial charge in [-0.3, -0.25) is 24.2 Å². The SMILES string of the molecule is CC(C)(O)CC(=O)N1CN(C(=O)C(C)(C)O)c2cc(Cn3ccc(OCc4ccc(F)cc4F)c(Cl)c3=O)ccc21. The third kappa shape index (κ3) is 6.75. The molecule has 0 unspecified atom stereocenters. The first-order chi connectivity index (χ1) is 19.0. The lowest BCUT2D eigenvalue weighted by Crippen LogP contribution is -2.48. The maximum absolute atomic E-state index is 13.9. The van der Waals surface area contributed by atoms with Crippen molar-refractivity contribution in [3.8, 4) is 5.75 Å². The van der Waals surface area contributed by atoms with Crippen LogP contribution in [0.2, 0.25) is 5.02 Å². The van der Waals surface area contributed by atoms with Gasteiger partial charge in [-0.25, -0.2) is 8.78 Å². The van der Waals surface area contributed by atoms with Gasteiger partial charge in [0.15, 0.2) is 0 Å². The number of carbonyl (C=O) groups is 2. The fraction of sp³-hybridized carbons (Fsp3) is 0.345. The molecule has 2 N–H and O–H groups in total. The van der Waals surface area contributed by atoms with Crippen molar-refractivity contribution in [2.75, 3.05) is 16.5 Å². The van der Waals surface area contributed by atoms with Crippen LogP contribution in [0.3, 0.4) is 0 Å². The summed E-state index contributed by atoms with van der Waals surface area (Å²) in [6.45, 7) is 5.32. The predicted octanol–water partition coefficient (Wildman–Crippen LogP) is 3.98. The summed E-state index contributed by atoms with van der Waals surface area (Å²) in [6, 6.07) is 9.46. The van der Waals surface area contributed by atoms with Crippen LogP contribution in [-0.2, 0) is 22.7 Å². The van der Waals surface area contributed by atoms with Crippen molar-refractivity contribution in [1.29, 1.82) is 0 Å². The molecule has 0 saturated carbocycles. The number of nitrogens with zero attached hydrogens (tertiary/aromatic N) is 3. The van der Waals surface area contributed by atoms with E-state index >= 15 is 0 Å². The summed E-state index contributed by atoms with van der Waals surface area (Å²) in [6.07, 6.45) is 1.26. The standard InChI is InChI=1S/C29H30ClF2N3O6/c1-28(2,39)13-24(36)34-16-35(27(38)29(3,4)40)22-11-17(5-8-21(22)34)14-33-10-9-23(25(30)26(33)37)41-15-18-6-7-19(31)12-20(18)32/h5-12,39-40H,13-16H2,1-4H3. The molecule has 4 rings (SSSR count). The van der Waals surface area contributed by atoms with Gasteiger partial charge in [0.05, 0.1) is 29.9 Å². The van der Waals surface area contributed by atoms with E-state index in [1.807, 2.05) is 0 Å². The Labute approximate surface area is 240 Å². The molecule has 218 valence electrons. The van der Waals surface area contributed by atoms with Gasteiger partial charge < -0.3 is 19.5 Å². The molecular formula is C29H30ClF2N3O6. The van der Waals surface area contributed by atoms with E-state index in [-0.39, 0.29) is 42.6 Å². The van der Waals surface area contributed by atoms with Gasteiger partial charge in [-0.05, 0) is 63.6 Å². The molecule has 12 heteroatoms. The van der Waals surface area contributed by atoms with Crippen LogP contribution in [0.25, 0.3) is 0 Å². The van der Waals surface area contributed by atoms with Crippen LogP contribution < -0.4 is 20.1 Å². The zero-order valence-corrected chi connectivity index (χ0v) is 23.7. The molecule has 0 atom stereocenters.